The molecule has 0 unspecified atom stereocenters. The van der Waals surface area contributed by atoms with Crippen LogP contribution >= 0.6 is 0 Å². The van der Waals surface area contributed by atoms with Gasteiger partial charge in [0, 0.05) is 11.1 Å². The smallest absolute Gasteiger partial charge is 0.481 e. The fourth-order valence-electron chi connectivity index (χ4n) is 1.43. The first-order valence-electron chi connectivity index (χ1n) is 4.74. The van der Waals surface area contributed by atoms with Gasteiger partial charge in [-0.1, -0.05) is 6.07 Å². The second kappa shape index (κ2) is 4.96. The Hall–Kier alpha value is -2.23. The number of nitriles is 1. The summed E-state index contributed by atoms with van der Waals surface area (Å²) in [7, 11) is 0. The van der Waals surface area contributed by atoms with Crippen LogP contribution in [0.15, 0.2) is 12.1 Å². The summed E-state index contributed by atoms with van der Waals surface area (Å²) in [5.41, 5.74) is -0.159. The molecular formula is C11H8F3NO3. The van der Waals surface area contributed by atoms with Gasteiger partial charge in [-0.05, 0) is 13.0 Å². The van der Waals surface area contributed by atoms with E-state index in [-0.39, 0.29) is 16.7 Å². The lowest BCUT2D eigenvalue weighted by atomic mass is 10.0. The fourth-order valence-corrected chi connectivity index (χ4v) is 1.43. The third kappa shape index (κ3) is 3.38. The SMILES string of the molecule is Cc1c(C#N)ccc(CC(=O)O)c1OC(F)(F)F. The molecule has 0 saturated carbocycles. The van der Waals surface area contributed by atoms with E-state index in [0.29, 0.717) is 0 Å². The average molecular weight is 259 g/mol. The monoisotopic (exact) mass is 259 g/mol. The number of aliphatic carboxylic acids is 1. The molecule has 96 valence electrons. The number of halogens is 3. The van der Waals surface area contributed by atoms with E-state index >= 15 is 0 Å². The van der Waals surface area contributed by atoms with Gasteiger partial charge in [0.1, 0.15) is 5.75 Å². The minimum absolute atomic E-state index is 0.00314. The molecule has 4 nitrogen and oxygen atoms in total. The molecule has 0 heterocycles. The van der Waals surface area contributed by atoms with Crippen LogP contribution in [0.1, 0.15) is 16.7 Å². The lowest BCUT2D eigenvalue weighted by Crippen LogP contribution is -2.19. The molecule has 1 rings (SSSR count). The molecule has 0 aliphatic heterocycles. The van der Waals surface area contributed by atoms with Gasteiger partial charge >= 0.3 is 12.3 Å². The zero-order valence-corrected chi connectivity index (χ0v) is 9.21. The van der Waals surface area contributed by atoms with Gasteiger partial charge in [-0.15, -0.1) is 13.2 Å². The molecule has 0 saturated heterocycles. The number of carbonyl (C=O) groups is 1. The predicted octanol–water partition coefficient (Wildman–Crippen LogP) is 2.39. The van der Waals surface area contributed by atoms with Crippen LogP contribution in [-0.4, -0.2) is 17.4 Å². The van der Waals surface area contributed by atoms with E-state index in [4.69, 9.17) is 10.4 Å². The molecule has 1 aromatic carbocycles. The number of ether oxygens (including phenoxy) is 1. The van der Waals surface area contributed by atoms with Crippen molar-refractivity contribution in [3.8, 4) is 11.8 Å². The molecule has 0 spiro atoms. The van der Waals surface area contributed by atoms with Crippen LogP contribution in [0.5, 0.6) is 5.75 Å². The Labute approximate surface area is 100 Å². The highest BCUT2D eigenvalue weighted by molar-refractivity contribution is 5.72. The molecule has 1 aromatic rings. The second-order valence-corrected chi connectivity index (χ2v) is 3.46. The molecule has 0 fully saturated rings. The Morgan fingerprint density at radius 1 is 1.50 bits per heavy atom. The summed E-state index contributed by atoms with van der Waals surface area (Å²) in [5, 5.41) is 17.3. The first kappa shape index (κ1) is 13.8. The van der Waals surface area contributed by atoms with Crippen LogP contribution < -0.4 is 4.74 Å². The van der Waals surface area contributed by atoms with Gasteiger partial charge < -0.3 is 9.84 Å². The number of nitrogens with zero attached hydrogens (tertiary/aromatic N) is 1. The maximum absolute atomic E-state index is 12.2. The zero-order valence-electron chi connectivity index (χ0n) is 9.21. The minimum atomic E-state index is -4.94. The van der Waals surface area contributed by atoms with Crippen molar-refractivity contribution >= 4 is 5.97 Å². The third-order valence-electron chi connectivity index (χ3n) is 2.17. The Morgan fingerprint density at radius 2 is 2.11 bits per heavy atom. The average Bonchev–Trinajstić information content (AvgIpc) is 2.21. The number of hydrogen-bond donors (Lipinski definition) is 1. The summed E-state index contributed by atoms with van der Waals surface area (Å²) in [5.74, 6) is -1.91. The van der Waals surface area contributed by atoms with Gasteiger partial charge in [0.15, 0.2) is 0 Å². The highest BCUT2D eigenvalue weighted by Crippen LogP contribution is 2.32. The number of rotatable bonds is 3. The topological polar surface area (TPSA) is 70.3 Å². The van der Waals surface area contributed by atoms with E-state index in [1.54, 1.807) is 6.07 Å². The largest absolute Gasteiger partial charge is 0.573 e. The van der Waals surface area contributed by atoms with Crippen LogP contribution in [0.4, 0.5) is 13.2 Å². The highest BCUT2D eigenvalue weighted by Gasteiger charge is 2.33. The van der Waals surface area contributed by atoms with Crippen molar-refractivity contribution in [2.24, 2.45) is 0 Å². The number of benzene rings is 1. The molecule has 7 heteroatoms. The van der Waals surface area contributed by atoms with E-state index in [9.17, 15) is 18.0 Å². The van der Waals surface area contributed by atoms with Gasteiger partial charge in [-0.2, -0.15) is 5.26 Å². The summed E-state index contributed by atoms with van der Waals surface area (Å²) >= 11 is 0. The third-order valence-corrected chi connectivity index (χ3v) is 2.17. The molecule has 18 heavy (non-hydrogen) atoms. The molecule has 0 aliphatic carbocycles. The van der Waals surface area contributed by atoms with Crippen molar-refractivity contribution in [1.82, 2.24) is 0 Å². The Kier molecular flexibility index (Phi) is 3.81. The first-order valence-corrected chi connectivity index (χ1v) is 4.74. The zero-order chi connectivity index (χ0) is 13.9. The van der Waals surface area contributed by atoms with E-state index in [2.05, 4.69) is 4.74 Å². The van der Waals surface area contributed by atoms with Crippen LogP contribution in [0, 0.1) is 18.3 Å². The standard InChI is InChI=1S/C11H8F3NO3/c1-6-8(5-15)3-2-7(4-9(16)17)10(6)18-11(12,13)14/h2-3H,4H2,1H3,(H,16,17). The summed E-state index contributed by atoms with van der Waals surface area (Å²) in [4.78, 5) is 10.6. The lowest BCUT2D eigenvalue weighted by Gasteiger charge is -2.15. The Morgan fingerprint density at radius 3 is 2.56 bits per heavy atom. The quantitative estimate of drug-likeness (QED) is 0.904. The summed E-state index contributed by atoms with van der Waals surface area (Å²) < 4.78 is 40.5. The summed E-state index contributed by atoms with van der Waals surface area (Å²) in [6, 6.07) is 4.11. The predicted molar refractivity (Wildman–Crippen MR) is 53.9 cm³/mol. The van der Waals surface area contributed by atoms with Crippen molar-refractivity contribution < 1.29 is 27.8 Å². The maximum Gasteiger partial charge on any atom is 0.573 e. The highest BCUT2D eigenvalue weighted by atomic mass is 19.4. The van der Waals surface area contributed by atoms with Crippen molar-refractivity contribution in [1.29, 1.82) is 5.26 Å². The van der Waals surface area contributed by atoms with Crippen LogP contribution in [-0.2, 0) is 11.2 Å². The Bertz CT molecular complexity index is 517. The Balaban J connectivity index is 3.31. The normalized spacial score (nSPS) is 10.8. The molecule has 0 bridgehead atoms. The van der Waals surface area contributed by atoms with Gasteiger partial charge in [0.05, 0.1) is 18.1 Å². The fraction of sp³-hybridized carbons (Fsp3) is 0.273. The van der Waals surface area contributed by atoms with E-state index in [0.717, 1.165) is 6.07 Å². The van der Waals surface area contributed by atoms with Crippen molar-refractivity contribution in [2.45, 2.75) is 19.7 Å². The number of alkyl halides is 3. The number of hydrogen-bond acceptors (Lipinski definition) is 3. The summed E-state index contributed by atoms with van der Waals surface area (Å²) in [6.45, 7) is 1.27. The summed E-state index contributed by atoms with van der Waals surface area (Å²) in [6.07, 6.45) is -5.55. The molecule has 0 radical (unpaired) electrons. The van der Waals surface area contributed by atoms with Gasteiger partial charge in [-0.25, -0.2) is 0 Å². The lowest BCUT2D eigenvalue weighted by molar-refractivity contribution is -0.275. The molecular weight excluding hydrogens is 251 g/mol. The molecule has 0 amide bonds. The van der Waals surface area contributed by atoms with E-state index in [1.165, 1.54) is 13.0 Å². The van der Waals surface area contributed by atoms with Gasteiger partial charge in [0.2, 0.25) is 0 Å². The van der Waals surface area contributed by atoms with Crippen molar-refractivity contribution in [3.05, 3.63) is 28.8 Å². The molecule has 0 aliphatic rings. The van der Waals surface area contributed by atoms with Gasteiger partial charge in [-0.3, -0.25) is 4.79 Å². The van der Waals surface area contributed by atoms with E-state index in [1.807, 2.05) is 0 Å². The maximum atomic E-state index is 12.2. The van der Waals surface area contributed by atoms with Gasteiger partial charge in [0.25, 0.3) is 0 Å². The second-order valence-electron chi connectivity index (χ2n) is 3.46. The van der Waals surface area contributed by atoms with Crippen LogP contribution in [0.2, 0.25) is 0 Å². The molecule has 0 atom stereocenters. The van der Waals surface area contributed by atoms with E-state index < -0.39 is 24.5 Å². The molecule has 1 N–H and O–H groups in total. The number of carboxylic acids is 1. The molecule has 0 aromatic heterocycles. The first-order chi connectivity index (χ1) is 8.24. The van der Waals surface area contributed by atoms with Crippen LogP contribution in [0.3, 0.4) is 0 Å². The minimum Gasteiger partial charge on any atom is -0.481 e. The van der Waals surface area contributed by atoms with Crippen molar-refractivity contribution in [2.75, 3.05) is 0 Å². The number of carboxylic acid groups (broad SMARTS) is 1. The van der Waals surface area contributed by atoms with Crippen molar-refractivity contribution in [3.63, 3.8) is 0 Å². The van der Waals surface area contributed by atoms with Crippen LogP contribution in [0.25, 0.3) is 0 Å².